The molecule has 3 fully saturated rings. The molecular weight excluding hydrogens is 490 g/mol. The minimum absolute atomic E-state index is 0.0562. The van der Waals surface area contributed by atoms with Crippen molar-refractivity contribution in [2.75, 3.05) is 32.0 Å². The Labute approximate surface area is 203 Å². The smallest absolute Gasteiger partial charge is 0.404 e. The van der Waals surface area contributed by atoms with Crippen LogP contribution in [0.5, 0.6) is 5.75 Å². The van der Waals surface area contributed by atoms with Crippen LogP contribution in [0.3, 0.4) is 0 Å². The summed E-state index contributed by atoms with van der Waals surface area (Å²) in [6.07, 6.45) is -2.26. The topological polar surface area (TPSA) is 68.0 Å². The molecule has 1 amide bonds. The van der Waals surface area contributed by atoms with Crippen molar-refractivity contribution in [3.05, 3.63) is 64.4 Å². The van der Waals surface area contributed by atoms with Crippen LogP contribution < -0.4 is 10.5 Å². The van der Waals surface area contributed by atoms with Gasteiger partial charge in [0.1, 0.15) is 11.6 Å². The van der Waals surface area contributed by atoms with Crippen LogP contribution >= 0.6 is 11.6 Å². The zero-order chi connectivity index (χ0) is 25.0. The van der Waals surface area contributed by atoms with E-state index in [1.54, 1.807) is 17.0 Å². The SMILES string of the molecule is Nc1cc(Cl)c(OC(F)(F)F)cc1/C=C/C(=O)N1C2COCC23CN(Cc2ccc(F)cc2)CC13. The number of rotatable bonds is 5. The summed E-state index contributed by atoms with van der Waals surface area (Å²) in [4.78, 5) is 17.1. The Bertz CT molecular complexity index is 1170. The van der Waals surface area contributed by atoms with Gasteiger partial charge in [0.15, 0.2) is 0 Å². The zero-order valence-electron chi connectivity index (χ0n) is 18.4. The van der Waals surface area contributed by atoms with Gasteiger partial charge in [0.05, 0.1) is 35.7 Å². The van der Waals surface area contributed by atoms with E-state index in [9.17, 15) is 22.4 Å². The Kier molecular flexibility index (Phi) is 5.93. The van der Waals surface area contributed by atoms with E-state index in [1.165, 1.54) is 24.3 Å². The molecule has 0 radical (unpaired) electrons. The first kappa shape index (κ1) is 23.9. The van der Waals surface area contributed by atoms with Crippen molar-refractivity contribution >= 4 is 29.3 Å². The molecule has 35 heavy (non-hydrogen) atoms. The second-order valence-corrected chi connectivity index (χ2v) is 9.52. The fourth-order valence-electron chi connectivity index (χ4n) is 5.42. The summed E-state index contributed by atoms with van der Waals surface area (Å²) in [5.41, 5.74) is 7.00. The molecule has 6 nitrogen and oxygen atoms in total. The van der Waals surface area contributed by atoms with Gasteiger partial charge in [-0.15, -0.1) is 13.2 Å². The van der Waals surface area contributed by atoms with E-state index >= 15 is 0 Å². The minimum Gasteiger partial charge on any atom is -0.404 e. The third-order valence-corrected chi connectivity index (χ3v) is 7.23. The number of likely N-dealkylation sites (tertiary alicyclic amines) is 2. The highest BCUT2D eigenvalue weighted by Crippen LogP contribution is 2.53. The van der Waals surface area contributed by atoms with Crippen molar-refractivity contribution in [1.29, 1.82) is 0 Å². The third-order valence-electron chi connectivity index (χ3n) is 6.94. The van der Waals surface area contributed by atoms with Gasteiger partial charge in [0, 0.05) is 37.0 Å². The first-order chi connectivity index (χ1) is 16.6. The quantitative estimate of drug-likeness (QED) is 0.372. The van der Waals surface area contributed by atoms with Gasteiger partial charge < -0.3 is 20.1 Å². The predicted octanol–water partition coefficient (Wildman–Crippen LogP) is 4.08. The molecule has 2 aromatic carbocycles. The Hall–Kier alpha value is -2.82. The number of hydrogen-bond acceptors (Lipinski definition) is 5. The van der Waals surface area contributed by atoms with Crippen LogP contribution in [0.15, 0.2) is 42.5 Å². The summed E-state index contributed by atoms with van der Waals surface area (Å²) in [7, 11) is 0. The van der Waals surface area contributed by atoms with Crippen LogP contribution in [-0.2, 0) is 16.1 Å². The van der Waals surface area contributed by atoms with Crippen LogP contribution in [0.1, 0.15) is 11.1 Å². The Morgan fingerprint density at radius 3 is 2.71 bits per heavy atom. The summed E-state index contributed by atoms with van der Waals surface area (Å²) in [5, 5.41) is -0.286. The minimum atomic E-state index is -4.91. The lowest BCUT2D eigenvalue weighted by molar-refractivity contribution is -0.274. The first-order valence-corrected chi connectivity index (χ1v) is 11.3. The lowest BCUT2D eigenvalue weighted by Gasteiger charge is -2.55. The lowest BCUT2D eigenvalue weighted by Crippen LogP contribution is -2.72. The molecule has 11 heteroatoms. The van der Waals surface area contributed by atoms with Crippen molar-refractivity contribution in [2.45, 2.75) is 25.0 Å². The number of alkyl halides is 3. The average molecular weight is 512 g/mol. The highest BCUT2D eigenvalue weighted by atomic mass is 35.5. The van der Waals surface area contributed by atoms with Crippen LogP contribution in [0.4, 0.5) is 23.2 Å². The maximum absolute atomic E-state index is 13.2. The Morgan fingerprint density at radius 2 is 2.00 bits per heavy atom. The molecule has 0 aliphatic carbocycles. The van der Waals surface area contributed by atoms with Gasteiger partial charge in [0.25, 0.3) is 0 Å². The fraction of sp³-hybridized carbons (Fsp3) is 0.375. The predicted molar refractivity (Wildman–Crippen MR) is 121 cm³/mol. The third kappa shape index (κ3) is 4.46. The maximum Gasteiger partial charge on any atom is 0.573 e. The number of nitrogens with zero attached hydrogens (tertiary/aromatic N) is 2. The molecule has 2 aromatic rings. The number of benzene rings is 2. The van der Waals surface area contributed by atoms with E-state index < -0.39 is 12.1 Å². The lowest BCUT2D eigenvalue weighted by atomic mass is 9.68. The molecule has 5 rings (SSSR count). The van der Waals surface area contributed by atoms with Crippen LogP contribution in [-0.4, -0.2) is 60.5 Å². The summed E-state index contributed by atoms with van der Waals surface area (Å²) < 4.78 is 60.8. The number of halogens is 5. The second kappa shape index (κ2) is 8.69. The van der Waals surface area contributed by atoms with E-state index in [4.69, 9.17) is 22.1 Å². The molecule has 3 aliphatic rings. The molecule has 0 saturated carbocycles. The number of carbonyl (C=O) groups is 1. The number of nitrogen functional groups attached to an aromatic ring is 1. The number of ether oxygens (including phenoxy) is 2. The van der Waals surface area contributed by atoms with E-state index in [2.05, 4.69) is 9.64 Å². The number of carbonyl (C=O) groups excluding carboxylic acids is 1. The van der Waals surface area contributed by atoms with Crippen molar-refractivity contribution in [3.8, 4) is 5.75 Å². The fourth-order valence-corrected chi connectivity index (χ4v) is 5.63. The molecular formula is C24H22ClF4N3O3. The van der Waals surface area contributed by atoms with E-state index in [0.717, 1.165) is 24.2 Å². The molecule has 1 spiro atoms. The number of nitrogens with two attached hydrogens (primary N) is 1. The Balaban J connectivity index is 1.31. The molecule has 186 valence electrons. The second-order valence-electron chi connectivity index (χ2n) is 9.11. The average Bonchev–Trinajstić information content (AvgIpc) is 3.27. The van der Waals surface area contributed by atoms with Crippen molar-refractivity contribution in [2.24, 2.45) is 5.41 Å². The van der Waals surface area contributed by atoms with Gasteiger partial charge >= 0.3 is 6.36 Å². The van der Waals surface area contributed by atoms with Crippen LogP contribution in [0.25, 0.3) is 6.08 Å². The molecule has 3 saturated heterocycles. The van der Waals surface area contributed by atoms with Crippen LogP contribution in [0.2, 0.25) is 5.02 Å². The molecule has 0 bridgehead atoms. The molecule has 3 aliphatic heterocycles. The summed E-state index contributed by atoms with van der Waals surface area (Å²) in [6.45, 7) is 3.01. The van der Waals surface area contributed by atoms with E-state index in [0.29, 0.717) is 26.3 Å². The number of anilines is 1. The normalized spacial score (nSPS) is 26.0. The van der Waals surface area contributed by atoms with Crippen molar-refractivity contribution < 1.29 is 31.8 Å². The van der Waals surface area contributed by atoms with Gasteiger partial charge in [0.2, 0.25) is 5.91 Å². The molecule has 3 atom stereocenters. The first-order valence-electron chi connectivity index (χ1n) is 11.0. The van der Waals surface area contributed by atoms with Crippen molar-refractivity contribution in [3.63, 3.8) is 0 Å². The van der Waals surface area contributed by atoms with Gasteiger partial charge in [-0.2, -0.15) is 0 Å². The molecule has 3 unspecified atom stereocenters. The van der Waals surface area contributed by atoms with Crippen molar-refractivity contribution in [1.82, 2.24) is 9.80 Å². The van der Waals surface area contributed by atoms with Crippen LogP contribution in [0, 0.1) is 11.2 Å². The largest absolute Gasteiger partial charge is 0.573 e. The van der Waals surface area contributed by atoms with E-state index in [-0.39, 0.29) is 45.5 Å². The van der Waals surface area contributed by atoms with Gasteiger partial charge in [-0.1, -0.05) is 23.7 Å². The molecule has 0 aromatic heterocycles. The van der Waals surface area contributed by atoms with Gasteiger partial charge in [-0.25, -0.2) is 4.39 Å². The van der Waals surface area contributed by atoms with Gasteiger partial charge in [-0.05, 0) is 35.9 Å². The molecule has 2 N–H and O–H groups in total. The number of amides is 1. The summed E-state index contributed by atoms with van der Waals surface area (Å²) >= 11 is 5.81. The monoisotopic (exact) mass is 511 g/mol. The zero-order valence-corrected chi connectivity index (χ0v) is 19.2. The molecule has 3 heterocycles. The highest BCUT2D eigenvalue weighted by Gasteiger charge is 2.68. The number of hydrogen-bond donors (Lipinski definition) is 1. The summed E-state index contributed by atoms with van der Waals surface area (Å²) in [6, 6.07) is 8.39. The Morgan fingerprint density at radius 1 is 1.26 bits per heavy atom. The summed E-state index contributed by atoms with van der Waals surface area (Å²) in [5.74, 6) is -1.17. The van der Waals surface area contributed by atoms with Gasteiger partial charge in [-0.3, -0.25) is 9.69 Å². The van der Waals surface area contributed by atoms with E-state index in [1.807, 2.05) is 0 Å². The highest BCUT2D eigenvalue weighted by molar-refractivity contribution is 6.32. The standard InChI is InChI=1S/C24H22ClF4N3O3/c25-17-8-18(30)15(7-19(17)35-24(27,28)29)3-6-22(33)32-20-10-31(9-14-1-4-16(26)5-2-14)12-23(20)13-34-11-21(23)32/h1-8,20-21H,9-13,30H2/b6-3+. The maximum atomic E-state index is 13.2.